The first-order valence-electron chi connectivity index (χ1n) is 9.79. The summed E-state index contributed by atoms with van der Waals surface area (Å²) >= 11 is -1.90. The van der Waals surface area contributed by atoms with Crippen LogP contribution < -0.4 is 0 Å². The van der Waals surface area contributed by atoms with E-state index in [9.17, 15) is 13.6 Å². The highest BCUT2D eigenvalue weighted by Crippen LogP contribution is 2.33. The quantitative estimate of drug-likeness (QED) is 0.400. The molecular weight excluding hydrogens is 388 g/mol. The highest BCUT2D eigenvalue weighted by atomic mass is 32.2. The Morgan fingerprint density at radius 3 is 2.69 bits per heavy atom. The van der Waals surface area contributed by atoms with E-state index >= 15 is 0 Å². The summed E-state index contributed by atoms with van der Waals surface area (Å²) in [5, 5.41) is 13.7. The molecule has 3 rings (SSSR count). The zero-order chi connectivity index (χ0) is 21.0. The predicted octanol–water partition coefficient (Wildman–Crippen LogP) is 4.39. The van der Waals surface area contributed by atoms with Crippen molar-refractivity contribution in [2.75, 3.05) is 0 Å². The van der Waals surface area contributed by atoms with Crippen LogP contribution >= 0.6 is 0 Å². The van der Waals surface area contributed by atoms with Crippen molar-refractivity contribution in [2.24, 2.45) is 0 Å². The Kier molecular flexibility index (Phi) is 6.82. The standard InChI is InChI=1S/C22H26N2O4S/c1-3-18-11-12-20-22(17-8-6-7-16(13-17)14-29(27)28)19(15(2)23-24(18)20)9-4-5-10-21(25)26/h6-8,11-13H,3-5,9-10,14H2,1-2H3,(H,25,26)(H,27,28). The van der Waals surface area contributed by atoms with Crippen LogP contribution in [0.15, 0.2) is 36.4 Å². The van der Waals surface area contributed by atoms with Crippen LogP contribution in [0.2, 0.25) is 0 Å². The number of nitrogens with zero attached hydrogens (tertiary/aromatic N) is 2. The number of rotatable bonds is 9. The van der Waals surface area contributed by atoms with E-state index in [1.807, 2.05) is 35.7 Å². The van der Waals surface area contributed by atoms with Gasteiger partial charge in [0, 0.05) is 17.7 Å². The topological polar surface area (TPSA) is 91.9 Å². The number of aromatic nitrogens is 2. The monoisotopic (exact) mass is 414 g/mol. The molecule has 2 N–H and O–H groups in total. The molecule has 3 aromatic rings. The fourth-order valence-corrected chi connectivity index (χ4v) is 4.22. The van der Waals surface area contributed by atoms with E-state index in [0.717, 1.165) is 58.4 Å². The smallest absolute Gasteiger partial charge is 0.303 e. The number of aryl methyl sites for hydroxylation is 2. The van der Waals surface area contributed by atoms with Gasteiger partial charge in [-0.25, -0.2) is 8.72 Å². The maximum atomic E-state index is 11.3. The number of hydrogen-bond donors (Lipinski definition) is 2. The van der Waals surface area contributed by atoms with Crippen LogP contribution in [0.3, 0.4) is 0 Å². The van der Waals surface area contributed by atoms with Gasteiger partial charge in [-0.2, -0.15) is 5.10 Å². The number of hydrogen-bond acceptors (Lipinski definition) is 3. The van der Waals surface area contributed by atoms with Gasteiger partial charge in [0.1, 0.15) is 0 Å². The van der Waals surface area contributed by atoms with Crippen molar-refractivity contribution in [3.05, 3.63) is 58.9 Å². The van der Waals surface area contributed by atoms with Crippen LogP contribution in [0.1, 0.15) is 48.7 Å². The number of aliphatic carboxylic acids is 1. The van der Waals surface area contributed by atoms with E-state index in [2.05, 4.69) is 19.1 Å². The highest BCUT2D eigenvalue weighted by molar-refractivity contribution is 7.78. The fraction of sp³-hybridized carbons (Fsp3) is 0.364. The van der Waals surface area contributed by atoms with E-state index in [1.165, 1.54) is 0 Å². The van der Waals surface area contributed by atoms with Crippen molar-refractivity contribution >= 4 is 22.6 Å². The van der Waals surface area contributed by atoms with Crippen LogP contribution in [0.5, 0.6) is 0 Å². The molecule has 0 amide bonds. The van der Waals surface area contributed by atoms with E-state index in [4.69, 9.17) is 10.2 Å². The second-order valence-corrected chi connectivity index (χ2v) is 8.11. The summed E-state index contributed by atoms with van der Waals surface area (Å²) < 4.78 is 22.5. The van der Waals surface area contributed by atoms with Crippen molar-refractivity contribution < 1.29 is 18.7 Å². The number of carboxylic acids is 1. The molecule has 1 aromatic carbocycles. The Labute approximate surface area is 172 Å². The zero-order valence-electron chi connectivity index (χ0n) is 16.7. The summed E-state index contributed by atoms with van der Waals surface area (Å²) in [5.74, 6) is -0.692. The normalized spacial score (nSPS) is 12.4. The molecule has 2 aromatic heterocycles. The van der Waals surface area contributed by atoms with Gasteiger partial charge in [-0.1, -0.05) is 31.2 Å². The fourth-order valence-electron chi connectivity index (χ4n) is 3.76. The third-order valence-electron chi connectivity index (χ3n) is 5.11. The summed E-state index contributed by atoms with van der Waals surface area (Å²) in [7, 11) is 0. The van der Waals surface area contributed by atoms with Crippen LogP contribution in [0.4, 0.5) is 0 Å². The van der Waals surface area contributed by atoms with Gasteiger partial charge < -0.3 is 9.66 Å². The summed E-state index contributed by atoms with van der Waals surface area (Å²) in [6.45, 7) is 4.08. The van der Waals surface area contributed by atoms with E-state index in [1.54, 1.807) is 0 Å². The van der Waals surface area contributed by atoms with Gasteiger partial charge in [0.15, 0.2) is 11.1 Å². The summed E-state index contributed by atoms with van der Waals surface area (Å²) in [5.41, 5.74) is 7.00. The second-order valence-electron chi connectivity index (χ2n) is 7.18. The van der Waals surface area contributed by atoms with Gasteiger partial charge in [0.05, 0.1) is 17.0 Å². The first kappa shape index (κ1) is 21.2. The first-order chi connectivity index (χ1) is 13.9. The summed E-state index contributed by atoms with van der Waals surface area (Å²) in [6.07, 6.45) is 3.14. The third kappa shape index (κ3) is 4.92. The zero-order valence-corrected chi connectivity index (χ0v) is 17.5. The summed E-state index contributed by atoms with van der Waals surface area (Å²) in [6, 6.07) is 11.9. The van der Waals surface area contributed by atoms with E-state index in [0.29, 0.717) is 6.42 Å². The first-order valence-corrected chi connectivity index (χ1v) is 11.1. The number of fused-ring (bicyclic) bond motifs is 1. The van der Waals surface area contributed by atoms with Crippen molar-refractivity contribution in [2.45, 2.75) is 51.7 Å². The van der Waals surface area contributed by atoms with Crippen molar-refractivity contribution in [3.63, 3.8) is 0 Å². The number of carbonyl (C=O) groups is 1. The lowest BCUT2D eigenvalue weighted by atomic mass is 9.94. The maximum absolute atomic E-state index is 11.3. The van der Waals surface area contributed by atoms with Gasteiger partial charge in [-0.15, -0.1) is 0 Å². The number of benzene rings is 1. The Balaban J connectivity index is 2.11. The molecule has 0 bridgehead atoms. The van der Waals surface area contributed by atoms with Crippen LogP contribution in [0, 0.1) is 6.92 Å². The average molecular weight is 415 g/mol. The molecule has 0 saturated carbocycles. The van der Waals surface area contributed by atoms with Gasteiger partial charge in [-0.05, 0) is 61.4 Å². The molecule has 1 unspecified atom stereocenters. The average Bonchev–Trinajstić information content (AvgIpc) is 3.06. The van der Waals surface area contributed by atoms with Gasteiger partial charge in [-0.3, -0.25) is 4.79 Å². The predicted molar refractivity (Wildman–Crippen MR) is 114 cm³/mol. The molecule has 0 radical (unpaired) electrons. The Bertz CT molecular complexity index is 1060. The minimum atomic E-state index is -1.90. The lowest BCUT2D eigenvalue weighted by molar-refractivity contribution is -0.137. The minimum absolute atomic E-state index is 0.0867. The molecule has 6 nitrogen and oxygen atoms in total. The lowest BCUT2D eigenvalue weighted by Gasteiger charge is -2.16. The number of unbranched alkanes of at least 4 members (excludes halogenated alkanes) is 1. The van der Waals surface area contributed by atoms with Crippen molar-refractivity contribution in [3.8, 4) is 11.1 Å². The summed E-state index contributed by atoms with van der Waals surface area (Å²) in [4.78, 5) is 10.8. The molecule has 7 heteroatoms. The van der Waals surface area contributed by atoms with Crippen molar-refractivity contribution in [1.82, 2.24) is 9.61 Å². The highest BCUT2D eigenvalue weighted by Gasteiger charge is 2.17. The van der Waals surface area contributed by atoms with Crippen LogP contribution in [-0.2, 0) is 34.5 Å². The molecule has 0 aliphatic rings. The van der Waals surface area contributed by atoms with E-state index in [-0.39, 0.29) is 12.2 Å². The molecule has 29 heavy (non-hydrogen) atoms. The molecule has 1 atom stereocenters. The van der Waals surface area contributed by atoms with Gasteiger partial charge >= 0.3 is 5.97 Å². The van der Waals surface area contributed by atoms with Crippen molar-refractivity contribution in [1.29, 1.82) is 0 Å². The third-order valence-corrected chi connectivity index (χ3v) is 5.69. The molecule has 2 heterocycles. The SMILES string of the molecule is CCc1ccc2c(-c3cccc(CS(=O)O)c3)c(CCCCC(=O)O)c(C)nn12. The Morgan fingerprint density at radius 2 is 2.00 bits per heavy atom. The largest absolute Gasteiger partial charge is 0.481 e. The molecule has 0 saturated heterocycles. The molecule has 0 aliphatic heterocycles. The molecular formula is C22H26N2O4S. The minimum Gasteiger partial charge on any atom is -0.481 e. The number of carboxylic acid groups (broad SMARTS) is 1. The van der Waals surface area contributed by atoms with E-state index < -0.39 is 17.0 Å². The lowest BCUT2D eigenvalue weighted by Crippen LogP contribution is -2.06. The van der Waals surface area contributed by atoms with Crippen LogP contribution in [0.25, 0.3) is 16.6 Å². The van der Waals surface area contributed by atoms with Gasteiger partial charge in [0.2, 0.25) is 0 Å². The molecule has 0 aliphatic carbocycles. The molecule has 154 valence electrons. The van der Waals surface area contributed by atoms with Gasteiger partial charge in [0.25, 0.3) is 0 Å². The maximum Gasteiger partial charge on any atom is 0.303 e. The second kappa shape index (κ2) is 9.33. The molecule has 0 fully saturated rings. The Morgan fingerprint density at radius 1 is 1.21 bits per heavy atom. The molecule has 0 spiro atoms. The Hall–Kier alpha value is -2.51. The van der Waals surface area contributed by atoms with Crippen LogP contribution in [-0.4, -0.2) is 29.5 Å².